The largest absolute Gasteiger partial charge is 0.367 e. The molecule has 1 aromatic rings. The van der Waals surface area contributed by atoms with Crippen molar-refractivity contribution in [3.05, 3.63) is 16.8 Å². The third kappa shape index (κ3) is 3.07. The number of nitriles is 1. The maximum Gasteiger partial charge on any atom is 0.167 e. The Hall–Kier alpha value is -1.67. The average Bonchev–Trinajstić information content (AvgIpc) is 2.65. The Morgan fingerprint density at radius 3 is 2.36 bits per heavy atom. The molecule has 1 atom stereocenters. The smallest absolute Gasteiger partial charge is 0.167 e. The van der Waals surface area contributed by atoms with Gasteiger partial charge in [0.05, 0.1) is 22.9 Å². The molecule has 2 rings (SSSR count). The van der Waals surface area contributed by atoms with Crippen LogP contribution >= 0.6 is 0 Å². The molecule has 1 unspecified atom stereocenters. The van der Waals surface area contributed by atoms with Gasteiger partial charge in [0, 0.05) is 0 Å². The van der Waals surface area contributed by atoms with Crippen LogP contribution in [0.15, 0.2) is 0 Å². The number of hydrogen-bond acceptors (Lipinski definition) is 5. The van der Waals surface area contributed by atoms with Gasteiger partial charge in [0.2, 0.25) is 0 Å². The topological polar surface area (TPSA) is 70.8 Å². The van der Waals surface area contributed by atoms with Crippen molar-refractivity contribution >= 4 is 5.82 Å². The quantitative estimate of drug-likeness (QED) is 0.924. The predicted octanol–water partition coefficient (Wildman–Crippen LogP) is 3.23. The molecule has 1 aliphatic rings. The zero-order valence-electron chi connectivity index (χ0n) is 14.4. The van der Waals surface area contributed by atoms with Crippen LogP contribution in [0.25, 0.3) is 0 Å². The third-order valence-electron chi connectivity index (χ3n) is 4.34. The van der Waals surface area contributed by atoms with Gasteiger partial charge in [-0.25, -0.2) is 0 Å². The Balaban J connectivity index is 2.37. The summed E-state index contributed by atoms with van der Waals surface area (Å²) >= 11 is 0. The third-order valence-corrected chi connectivity index (χ3v) is 4.34. The van der Waals surface area contributed by atoms with Gasteiger partial charge in [-0.2, -0.15) is 10.4 Å². The average molecular weight is 302 g/mol. The lowest BCUT2D eigenvalue weighted by molar-refractivity contribution is -0.0662. The number of nitrogens with one attached hydrogen (secondary N) is 1. The van der Waals surface area contributed by atoms with Crippen molar-refractivity contribution in [3.63, 3.8) is 0 Å². The number of nitrogens with zero attached hydrogens (tertiary/aromatic N) is 3. The fourth-order valence-corrected chi connectivity index (χ4v) is 3.35. The molecule has 2 heterocycles. The van der Waals surface area contributed by atoms with Crippen molar-refractivity contribution in [1.29, 1.82) is 5.26 Å². The summed E-state index contributed by atoms with van der Waals surface area (Å²) in [6.45, 7) is 12.4. The summed E-state index contributed by atoms with van der Waals surface area (Å²) in [7, 11) is 0. The molecule has 5 heteroatoms. The van der Waals surface area contributed by atoms with Crippen LogP contribution in [0.4, 0.5) is 5.82 Å². The van der Waals surface area contributed by atoms with Crippen LogP contribution in [-0.2, 0) is 17.6 Å². The minimum atomic E-state index is -0.312. The van der Waals surface area contributed by atoms with E-state index in [2.05, 4.69) is 49.3 Å². The molecule has 0 spiro atoms. The Bertz CT molecular complexity index is 601. The summed E-state index contributed by atoms with van der Waals surface area (Å²) in [6, 6.07) is 2.40. The Morgan fingerprint density at radius 2 is 1.91 bits per heavy atom. The van der Waals surface area contributed by atoms with E-state index >= 15 is 0 Å². The lowest BCUT2D eigenvalue weighted by Gasteiger charge is -2.28. The van der Waals surface area contributed by atoms with Crippen molar-refractivity contribution in [3.8, 4) is 6.07 Å². The SMILES string of the molecule is CCc1nnc(NC2CC(C)(C)OC2(C)C)c(C#N)c1CC. The molecule has 0 aliphatic carbocycles. The minimum Gasteiger partial charge on any atom is -0.367 e. The fraction of sp³-hybridized carbons (Fsp3) is 0.706. The van der Waals surface area contributed by atoms with E-state index in [1.165, 1.54) is 0 Å². The van der Waals surface area contributed by atoms with Crippen LogP contribution in [0.5, 0.6) is 0 Å². The van der Waals surface area contributed by atoms with Crippen LogP contribution in [0.1, 0.15) is 64.8 Å². The summed E-state index contributed by atoms with van der Waals surface area (Å²) in [5.74, 6) is 0.580. The highest BCUT2D eigenvalue weighted by Crippen LogP contribution is 2.39. The Labute approximate surface area is 133 Å². The van der Waals surface area contributed by atoms with E-state index in [1.807, 2.05) is 13.8 Å². The van der Waals surface area contributed by atoms with Gasteiger partial charge in [-0.05, 0) is 52.5 Å². The number of aromatic nitrogens is 2. The summed E-state index contributed by atoms with van der Waals surface area (Å²) < 4.78 is 6.10. The van der Waals surface area contributed by atoms with Gasteiger partial charge in [-0.3, -0.25) is 0 Å². The first-order valence-corrected chi connectivity index (χ1v) is 7.99. The number of anilines is 1. The second-order valence-corrected chi connectivity index (χ2v) is 7.03. The molecule has 1 aliphatic heterocycles. The second-order valence-electron chi connectivity index (χ2n) is 7.03. The van der Waals surface area contributed by atoms with E-state index < -0.39 is 0 Å². The van der Waals surface area contributed by atoms with E-state index in [0.717, 1.165) is 30.5 Å². The fourth-order valence-electron chi connectivity index (χ4n) is 3.35. The molecule has 120 valence electrons. The van der Waals surface area contributed by atoms with Gasteiger partial charge >= 0.3 is 0 Å². The maximum absolute atomic E-state index is 9.57. The van der Waals surface area contributed by atoms with Gasteiger partial charge in [0.1, 0.15) is 11.6 Å². The summed E-state index contributed by atoms with van der Waals surface area (Å²) in [5, 5.41) is 21.5. The molecule has 0 amide bonds. The molecule has 0 saturated carbocycles. The maximum atomic E-state index is 9.57. The monoisotopic (exact) mass is 302 g/mol. The molecule has 0 aromatic carbocycles. The normalized spacial score (nSPS) is 22.3. The number of ether oxygens (including phenoxy) is 1. The number of hydrogen-bond donors (Lipinski definition) is 1. The van der Waals surface area contributed by atoms with Crippen LogP contribution in [-0.4, -0.2) is 27.4 Å². The van der Waals surface area contributed by atoms with Gasteiger partial charge in [-0.1, -0.05) is 13.8 Å². The zero-order chi connectivity index (χ0) is 16.5. The number of rotatable bonds is 4. The van der Waals surface area contributed by atoms with Gasteiger partial charge in [0.25, 0.3) is 0 Å². The second kappa shape index (κ2) is 5.85. The van der Waals surface area contributed by atoms with E-state index in [9.17, 15) is 5.26 Å². The first-order chi connectivity index (χ1) is 10.2. The Kier molecular flexibility index (Phi) is 4.44. The van der Waals surface area contributed by atoms with Crippen LogP contribution in [0.2, 0.25) is 0 Å². The molecule has 1 fully saturated rings. The van der Waals surface area contributed by atoms with E-state index in [0.29, 0.717) is 11.4 Å². The van der Waals surface area contributed by atoms with Crippen LogP contribution < -0.4 is 5.32 Å². The molecule has 22 heavy (non-hydrogen) atoms. The van der Waals surface area contributed by atoms with E-state index in [4.69, 9.17) is 4.74 Å². The molecule has 5 nitrogen and oxygen atoms in total. The molecule has 1 saturated heterocycles. The van der Waals surface area contributed by atoms with Crippen molar-refractivity contribution in [2.45, 2.75) is 78.0 Å². The highest BCUT2D eigenvalue weighted by molar-refractivity contribution is 5.57. The first-order valence-electron chi connectivity index (χ1n) is 7.99. The van der Waals surface area contributed by atoms with Gasteiger partial charge in [0.15, 0.2) is 5.82 Å². The standard InChI is InChI=1S/C17H26N4O/c1-7-11-12(10-18)15(21-20-13(11)8-2)19-14-9-16(3,4)22-17(14,5)6/h14H,7-9H2,1-6H3,(H,19,21). The zero-order valence-corrected chi connectivity index (χ0v) is 14.4. The predicted molar refractivity (Wildman–Crippen MR) is 86.8 cm³/mol. The molecule has 0 radical (unpaired) electrons. The van der Waals surface area contributed by atoms with Gasteiger partial charge in [-0.15, -0.1) is 5.10 Å². The summed E-state index contributed by atoms with van der Waals surface area (Å²) in [6.07, 6.45) is 2.44. The summed E-state index contributed by atoms with van der Waals surface area (Å²) in [4.78, 5) is 0. The van der Waals surface area contributed by atoms with Crippen molar-refractivity contribution < 1.29 is 4.74 Å². The van der Waals surface area contributed by atoms with E-state index in [1.54, 1.807) is 0 Å². The van der Waals surface area contributed by atoms with Crippen molar-refractivity contribution in [1.82, 2.24) is 10.2 Å². The highest BCUT2D eigenvalue weighted by atomic mass is 16.5. The lowest BCUT2D eigenvalue weighted by atomic mass is 9.94. The summed E-state index contributed by atoms with van der Waals surface area (Å²) in [5.41, 5.74) is 2.03. The van der Waals surface area contributed by atoms with Crippen molar-refractivity contribution in [2.75, 3.05) is 5.32 Å². The van der Waals surface area contributed by atoms with Crippen LogP contribution in [0.3, 0.4) is 0 Å². The molecule has 1 N–H and O–H groups in total. The molecule has 0 bridgehead atoms. The molecule has 1 aromatic heterocycles. The lowest BCUT2D eigenvalue weighted by Crippen LogP contribution is -2.38. The van der Waals surface area contributed by atoms with E-state index in [-0.39, 0.29) is 17.2 Å². The highest BCUT2D eigenvalue weighted by Gasteiger charge is 2.46. The Morgan fingerprint density at radius 1 is 1.23 bits per heavy atom. The first kappa shape index (κ1) is 16.7. The minimum absolute atomic E-state index is 0.0982. The van der Waals surface area contributed by atoms with Crippen LogP contribution in [0, 0.1) is 11.3 Å². The number of aryl methyl sites for hydroxylation is 1. The van der Waals surface area contributed by atoms with Gasteiger partial charge < -0.3 is 10.1 Å². The molecular weight excluding hydrogens is 276 g/mol. The molecular formula is C17H26N4O. The van der Waals surface area contributed by atoms with Crippen molar-refractivity contribution in [2.24, 2.45) is 0 Å².